The van der Waals surface area contributed by atoms with Crippen LogP contribution in [0.15, 0.2) is 24.3 Å². The number of hydrogen-bond donors (Lipinski definition) is 1. The van der Waals surface area contributed by atoms with Crippen molar-refractivity contribution in [1.29, 1.82) is 0 Å². The number of carbonyl (C=O) groups is 1. The fourth-order valence-electron chi connectivity index (χ4n) is 1.83. The molecular formula is C15H23NO4. The molecule has 0 saturated heterocycles. The zero-order valence-electron chi connectivity index (χ0n) is 12.2. The fourth-order valence-corrected chi connectivity index (χ4v) is 1.83. The van der Waals surface area contributed by atoms with E-state index in [0.29, 0.717) is 31.2 Å². The molecule has 0 unspecified atom stereocenters. The van der Waals surface area contributed by atoms with E-state index in [1.165, 1.54) is 0 Å². The largest absolute Gasteiger partial charge is 0.490 e. The molecule has 0 bridgehead atoms. The number of rotatable bonds is 9. The molecule has 0 atom stereocenters. The normalized spacial score (nSPS) is 10.2. The van der Waals surface area contributed by atoms with Crippen LogP contribution in [0.1, 0.15) is 20.3 Å². The van der Waals surface area contributed by atoms with E-state index in [0.717, 1.165) is 6.42 Å². The monoisotopic (exact) mass is 281 g/mol. The Balaban J connectivity index is 2.59. The molecule has 0 saturated carbocycles. The lowest BCUT2D eigenvalue weighted by atomic mass is 10.3. The molecule has 1 aromatic carbocycles. The first-order valence-electron chi connectivity index (χ1n) is 6.96. The summed E-state index contributed by atoms with van der Waals surface area (Å²) in [5.74, 6) is 1.06. The van der Waals surface area contributed by atoms with Gasteiger partial charge in [0.15, 0.2) is 18.1 Å². The van der Waals surface area contributed by atoms with Gasteiger partial charge in [0.1, 0.15) is 0 Å². The molecular weight excluding hydrogens is 258 g/mol. The molecule has 0 spiro atoms. The maximum atomic E-state index is 12.0. The van der Waals surface area contributed by atoms with E-state index in [2.05, 4.69) is 0 Å². The van der Waals surface area contributed by atoms with E-state index >= 15 is 0 Å². The van der Waals surface area contributed by atoms with Crippen LogP contribution in [0.3, 0.4) is 0 Å². The Morgan fingerprint density at radius 2 is 1.80 bits per heavy atom. The lowest BCUT2D eigenvalue weighted by Gasteiger charge is -2.21. The Labute approximate surface area is 120 Å². The standard InChI is InChI=1S/C15H23NO4/c1-3-9-16(10-11-17)15(18)12-20-14-8-6-5-7-13(14)19-4-2/h5-8,17H,3-4,9-12H2,1-2H3. The second kappa shape index (κ2) is 9.20. The summed E-state index contributed by atoms with van der Waals surface area (Å²) in [6, 6.07) is 7.27. The van der Waals surface area contributed by atoms with E-state index in [1.807, 2.05) is 26.0 Å². The van der Waals surface area contributed by atoms with Gasteiger partial charge in [0, 0.05) is 13.1 Å². The van der Waals surface area contributed by atoms with Gasteiger partial charge in [0.25, 0.3) is 5.91 Å². The van der Waals surface area contributed by atoms with Crippen LogP contribution in [0.25, 0.3) is 0 Å². The van der Waals surface area contributed by atoms with E-state index < -0.39 is 0 Å². The van der Waals surface area contributed by atoms with Gasteiger partial charge in [0.2, 0.25) is 0 Å². The van der Waals surface area contributed by atoms with Crippen LogP contribution in [0, 0.1) is 0 Å². The van der Waals surface area contributed by atoms with Crippen LogP contribution < -0.4 is 9.47 Å². The average Bonchev–Trinajstić information content (AvgIpc) is 2.46. The minimum atomic E-state index is -0.132. The Morgan fingerprint density at radius 1 is 1.15 bits per heavy atom. The van der Waals surface area contributed by atoms with Crippen LogP contribution in [-0.4, -0.2) is 48.8 Å². The highest BCUT2D eigenvalue weighted by Gasteiger charge is 2.13. The van der Waals surface area contributed by atoms with Gasteiger partial charge in [-0.05, 0) is 25.5 Å². The Bertz CT molecular complexity index is 403. The van der Waals surface area contributed by atoms with Gasteiger partial charge in [-0.1, -0.05) is 19.1 Å². The molecule has 1 rings (SSSR count). The van der Waals surface area contributed by atoms with Crippen LogP contribution in [0.5, 0.6) is 11.5 Å². The zero-order chi connectivity index (χ0) is 14.8. The van der Waals surface area contributed by atoms with Gasteiger partial charge < -0.3 is 19.5 Å². The summed E-state index contributed by atoms with van der Waals surface area (Å²) in [6.07, 6.45) is 0.848. The van der Waals surface area contributed by atoms with Crippen molar-refractivity contribution in [3.8, 4) is 11.5 Å². The zero-order valence-corrected chi connectivity index (χ0v) is 12.2. The number of carbonyl (C=O) groups excluding carboxylic acids is 1. The highest BCUT2D eigenvalue weighted by Crippen LogP contribution is 2.26. The number of aliphatic hydroxyl groups excluding tert-OH is 1. The summed E-state index contributed by atoms with van der Waals surface area (Å²) in [7, 11) is 0. The highest BCUT2D eigenvalue weighted by atomic mass is 16.5. The number of amides is 1. The smallest absolute Gasteiger partial charge is 0.260 e. The minimum Gasteiger partial charge on any atom is -0.490 e. The van der Waals surface area contributed by atoms with Crippen molar-refractivity contribution in [2.75, 3.05) is 32.9 Å². The number of benzene rings is 1. The SMILES string of the molecule is CCCN(CCO)C(=O)COc1ccccc1OCC. The second-order valence-corrected chi connectivity index (χ2v) is 4.27. The van der Waals surface area contributed by atoms with E-state index in [9.17, 15) is 4.79 Å². The van der Waals surface area contributed by atoms with Crippen molar-refractivity contribution in [3.63, 3.8) is 0 Å². The van der Waals surface area contributed by atoms with Gasteiger partial charge in [0.05, 0.1) is 13.2 Å². The molecule has 1 N–H and O–H groups in total. The maximum Gasteiger partial charge on any atom is 0.260 e. The summed E-state index contributed by atoms with van der Waals surface area (Å²) >= 11 is 0. The molecule has 0 aliphatic rings. The maximum absolute atomic E-state index is 12.0. The molecule has 5 nitrogen and oxygen atoms in total. The first kappa shape index (κ1) is 16.3. The van der Waals surface area contributed by atoms with Crippen molar-refractivity contribution in [3.05, 3.63) is 24.3 Å². The highest BCUT2D eigenvalue weighted by molar-refractivity contribution is 5.77. The topological polar surface area (TPSA) is 59.0 Å². The molecule has 20 heavy (non-hydrogen) atoms. The summed E-state index contributed by atoms with van der Waals surface area (Å²) in [5.41, 5.74) is 0. The molecule has 0 aliphatic heterocycles. The number of nitrogens with zero attached hydrogens (tertiary/aromatic N) is 1. The molecule has 1 aromatic rings. The van der Waals surface area contributed by atoms with Gasteiger partial charge in [-0.3, -0.25) is 4.79 Å². The molecule has 0 fully saturated rings. The predicted octanol–water partition coefficient (Wildman–Crippen LogP) is 1.69. The first-order valence-corrected chi connectivity index (χ1v) is 6.96. The Kier molecular flexibility index (Phi) is 7.50. The fraction of sp³-hybridized carbons (Fsp3) is 0.533. The molecule has 0 heterocycles. The van der Waals surface area contributed by atoms with E-state index in [1.54, 1.807) is 17.0 Å². The van der Waals surface area contributed by atoms with Crippen LogP contribution >= 0.6 is 0 Å². The summed E-state index contributed by atoms with van der Waals surface area (Å²) in [6.45, 7) is 5.29. The van der Waals surface area contributed by atoms with Crippen molar-refractivity contribution in [2.45, 2.75) is 20.3 Å². The lowest BCUT2D eigenvalue weighted by Crippen LogP contribution is -2.37. The van der Waals surface area contributed by atoms with Crippen molar-refractivity contribution in [2.24, 2.45) is 0 Å². The van der Waals surface area contributed by atoms with Crippen LogP contribution in [-0.2, 0) is 4.79 Å². The van der Waals surface area contributed by atoms with Gasteiger partial charge >= 0.3 is 0 Å². The first-order chi connectivity index (χ1) is 9.72. The second-order valence-electron chi connectivity index (χ2n) is 4.27. The third-order valence-electron chi connectivity index (χ3n) is 2.72. The van der Waals surface area contributed by atoms with Gasteiger partial charge in [-0.2, -0.15) is 0 Å². The third kappa shape index (κ3) is 5.09. The van der Waals surface area contributed by atoms with Crippen LogP contribution in [0.2, 0.25) is 0 Å². The Morgan fingerprint density at radius 3 is 2.35 bits per heavy atom. The van der Waals surface area contributed by atoms with Crippen molar-refractivity contribution in [1.82, 2.24) is 4.90 Å². The van der Waals surface area contributed by atoms with E-state index in [4.69, 9.17) is 14.6 Å². The van der Waals surface area contributed by atoms with Crippen molar-refractivity contribution >= 4 is 5.91 Å². The van der Waals surface area contributed by atoms with E-state index in [-0.39, 0.29) is 19.1 Å². The minimum absolute atomic E-state index is 0.0404. The Hall–Kier alpha value is -1.75. The number of para-hydroxylation sites is 2. The summed E-state index contributed by atoms with van der Waals surface area (Å²) in [5, 5.41) is 8.96. The average molecular weight is 281 g/mol. The van der Waals surface area contributed by atoms with Crippen LogP contribution in [0.4, 0.5) is 0 Å². The quantitative estimate of drug-likeness (QED) is 0.748. The summed E-state index contributed by atoms with van der Waals surface area (Å²) in [4.78, 5) is 13.6. The number of ether oxygens (including phenoxy) is 2. The van der Waals surface area contributed by atoms with Gasteiger partial charge in [-0.25, -0.2) is 0 Å². The molecule has 112 valence electrons. The molecule has 1 amide bonds. The molecule has 0 aromatic heterocycles. The number of hydrogen-bond acceptors (Lipinski definition) is 4. The van der Waals surface area contributed by atoms with Gasteiger partial charge in [-0.15, -0.1) is 0 Å². The molecule has 5 heteroatoms. The molecule has 0 radical (unpaired) electrons. The predicted molar refractivity (Wildman–Crippen MR) is 77.1 cm³/mol. The molecule has 0 aliphatic carbocycles. The number of aliphatic hydroxyl groups is 1. The lowest BCUT2D eigenvalue weighted by molar-refractivity contribution is -0.133. The van der Waals surface area contributed by atoms with Crippen molar-refractivity contribution < 1.29 is 19.4 Å². The third-order valence-corrected chi connectivity index (χ3v) is 2.72. The summed E-state index contributed by atoms with van der Waals surface area (Å²) < 4.78 is 11.0.